The van der Waals surface area contributed by atoms with Gasteiger partial charge in [-0.25, -0.2) is 4.98 Å². The zero-order valence-electron chi connectivity index (χ0n) is 10.1. The molecule has 3 nitrogen and oxygen atoms in total. The molecular weight excluding hydrogens is 210 g/mol. The molecule has 1 aliphatic rings. The molecular formula is C14H19N3. The summed E-state index contributed by atoms with van der Waals surface area (Å²) in [5.74, 6) is 1.88. The minimum Gasteiger partial charge on any atom is -0.342 e. The van der Waals surface area contributed by atoms with E-state index in [2.05, 4.69) is 28.2 Å². The van der Waals surface area contributed by atoms with Crippen LogP contribution in [0.5, 0.6) is 0 Å². The Hall–Kier alpha value is -1.35. The van der Waals surface area contributed by atoms with Crippen LogP contribution in [0.15, 0.2) is 18.2 Å². The van der Waals surface area contributed by atoms with Gasteiger partial charge in [-0.05, 0) is 56.3 Å². The number of aromatic amines is 1. The van der Waals surface area contributed by atoms with Gasteiger partial charge in [-0.15, -0.1) is 0 Å². The van der Waals surface area contributed by atoms with E-state index in [1.165, 1.54) is 36.2 Å². The first kappa shape index (κ1) is 10.8. The quantitative estimate of drug-likeness (QED) is 0.774. The molecule has 1 aromatic heterocycles. The molecule has 0 saturated heterocycles. The molecule has 3 rings (SSSR count). The molecule has 0 bridgehead atoms. The number of unbranched alkanes of at least 4 members (excludes halogenated alkanes) is 1. The monoisotopic (exact) mass is 229 g/mol. The SMILES string of the molecule is NCCCCc1ccc2nc(C3CC3)[nH]c2c1. The number of nitrogens with one attached hydrogen (secondary N) is 1. The van der Waals surface area contributed by atoms with Crippen molar-refractivity contribution >= 4 is 11.0 Å². The van der Waals surface area contributed by atoms with Crippen LogP contribution in [0.25, 0.3) is 11.0 Å². The van der Waals surface area contributed by atoms with Gasteiger partial charge in [-0.1, -0.05) is 6.07 Å². The zero-order valence-corrected chi connectivity index (χ0v) is 10.1. The Morgan fingerprint density at radius 2 is 2.18 bits per heavy atom. The fourth-order valence-electron chi connectivity index (χ4n) is 2.26. The first-order valence-corrected chi connectivity index (χ1v) is 6.55. The summed E-state index contributed by atoms with van der Waals surface area (Å²) in [6, 6.07) is 6.57. The lowest BCUT2D eigenvalue weighted by Gasteiger charge is -2.00. The van der Waals surface area contributed by atoms with Crippen molar-refractivity contribution in [1.82, 2.24) is 9.97 Å². The normalized spacial score (nSPS) is 15.6. The summed E-state index contributed by atoms with van der Waals surface area (Å²) in [7, 11) is 0. The van der Waals surface area contributed by atoms with Crippen molar-refractivity contribution in [2.24, 2.45) is 5.73 Å². The average Bonchev–Trinajstić information content (AvgIpc) is 3.10. The molecule has 0 aliphatic heterocycles. The smallest absolute Gasteiger partial charge is 0.110 e. The lowest BCUT2D eigenvalue weighted by atomic mass is 10.1. The van der Waals surface area contributed by atoms with E-state index in [0.717, 1.165) is 24.9 Å². The maximum atomic E-state index is 5.51. The highest BCUT2D eigenvalue weighted by Gasteiger charge is 2.26. The minimum atomic E-state index is 0.697. The molecule has 1 aliphatic carbocycles. The lowest BCUT2D eigenvalue weighted by molar-refractivity contribution is 0.745. The Kier molecular flexibility index (Phi) is 2.85. The number of H-pyrrole nitrogens is 1. The topological polar surface area (TPSA) is 54.7 Å². The molecule has 90 valence electrons. The van der Waals surface area contributed by atoms with Crippen molar-refractivity contribution in [3.8, 4) is 0 Å². The first-order valence-electron chi connectivity index (χ1n) is 6.55. The highest BCUT2D eigenvalue weighted by Crippen LogP contribution is 2.39. The van der Waals surface area contributed by atoms with E-state index >= 15 is 0 Å². The third-order valence-corrected chi connectivity index (χ3v) is 3.45. The van der Waals surface area contributed by atoms with Crippen LogP contribution in [0.3, 0.4) is 0 Å². The van der Waals surface area contributed by atoms with Gasteiger partial charge in [0, 0.05) is 5.92 Å². The van der Waals surface area contributed by atoms with Crippen LogP contribution in [-0.4, -0.2) is 16.5 Å². The van der Waals surface area contributed by atoms with Crippen molar-refractivity contribution in [3.63, 3.8) is 0 Å². The van der Waals surface area contributed by atoms with E-state index in [-0.39, 0.29) is 0 Å². The van der Waals surface area contributed by atoms with Crippen molar-refractivity contribution in [2.45, 2.75) is 38.0 Å². The Bertz CT molecular complexity index is 511. The second-order valence-electron chi connectivity index (χ2n) is 4.99. The van der Waals surface area contributed by atoms with E-state index in [1.54, 1.807) is 0 Å². The van der Waals surface area contributed by atoms with Gasteiger partial charge in [-0.2, -0.15) is 0 Å². The van der Waals surface area contributed by atoms with E-state index in [4.69, 9.17) is 5.73 Å². The molecule has 3 heteroatoms. The summed E-state index contributed by atoms with van der Waals surface area (Å²) < 4.78 is 0. The van der Waals surface area contributed by atoms with Gasteiger partial charge in [0.2, 0.25) is 0 Å². The second-order valence-corrected chi connectivity index (χ2v) is 4.99. The summed E-state index contributed by atoms with van der Waals surface area (Å²) in [6.07, 6.45) is 5.98. The van der Waals surface area contributed by atoms with Crippen LogP contribution in [0.4, 0.5) is 0 Å². The van der Waals surface area contributed by atoms with E-state index in [9.17, 15) is 0 Å². The van der Waals surface area contributed by atoms with Crippen molar-refractivity contribution in [3.05, 3.63) is 29.6 Å². The molecule has 1 saturated carbocycles. The standard InChI is InChI=1S/C14H19N3/c15-8-2-1-3-10-4-7-12-13(9-10)17-14(16-12)11-5-6-11/h4,7,9,11H,1-3,5-6,8,15H2,(H,16,17). The van der Waals surface area contributed by atoms with Gasteiger partial charge in [0.15, 0.2) is 0 Å². The Morgan fingerprint density at radius 1 is 1.29 bits per heavy atom. The molecule has 17 heavy (non-hydrogen) atoms. The van der Waals surface area contributed by atoms with E-state index < -0.39 is 0 Å². The van der Waals surface area contributed by atoms with Gasteiger partial charge in [0.05, 0.1) is 11.0 Å². The van der Waals surface area contributed by atoms with Crippen LogP contribution in [0.1, 0.15) is 43.0 Å². The van der Waals surface area contributed by atoms with Gasteiger partial charge in [-0.3, -0.25) is 0 Å². The van der Waals surface area contributed by atoms with E-state index in [1.807, 2.05) is 0 Å². The van der Waals surface area contributed by atoms with Gasteiger partial charge in [0.25, 0.3) is 0 Å². The Labute approximate surface area is 101 Å². The molecule has 0 spiro atoms. The number of hydrogen-bond acceptors (Lipinski definition) is 2. The number of aromatic nitrogens is 2. The molecule has 1 heterocycles. The van der Waals surface area contributed by atoms with Crippen LogP contribution in [0, 0.1) is 0 Å². The number of rotatable bonds is 5. The van der Waals surface area contributed by atoms with Gasteiger partial charge >= 0.3 is 0 Å². The number of imidazole rings is 1. The number of hydrogen-bond donors (Lipinski definition) is 2. The van der Waals surface area contributed by atoms with Crippen LogP contribution in [0.2, 0.25) is 0 Å². The molecule has 3 N–H and O–H groups in total. The minimum absolute atomic E-state index is 0.697. The predicted molar refractivity (Wildman–Crippen MR) is 70.1 cm³/mol. The van der Waals surface area contributed by atoms with Crippen molar-refractivity contribution < 1.29 is 0 Å². The Balaban J connectivity index is 1.79. The third kappa shape index (κ3) is 2.34. The summed E-state index contributed by atoms with van der Waals surface area (Å²) in [4.78, 5) is 8.09. The largest absolute Gasteiger partial charge is 0.342 e. The predicted octanol–water partition coefficient (Wildman–Crippen LogP) is 2.72. The van der Waals surface area contributed by atoms with Gasteiger partial charge < -0.3 is 10.7 Å². The third-order valence-electron chi connectivity index (χ3n) is 3.45. The number of aryl methyl sites for hydroxylation is 1. The summed E-state index contributed by atoms with van der Waals surface area (Å²) >= 11 is 0. The summed E-state index contributed by atoms with van der Waals surface area (Å²) in [5, 5.41) is 0. The molecule has 1 aromatic carbocycles. The fraction of sp³-hybridized carbons (Fsp3) is 0.500. The molecule has 0 unspecified atom stereocenters. The number of nitrogens with two attached hydrogens (primary N) is 1. The second kappa shape index (κ2) is 4.49. The molecule has 2 aromatic rings. The Morgan fingerprint density at radius 3 is 2.94 bits per heavy atom. The maximum absolute atomic E-state index is 5.51. The number of nitrogens with zero attached hydrogens (tertiary/aromatic N) is 1. The van der Waals surface area contributed by atoms with E-state index in [0.29, 0.717) is 5.92 Å². The fourth-order valence-corrected chi connectivity index (χ4v) is 2.26. The molecule has 0 radical (unpaired) electrons. The van der Waals surface area contributed by atoms with Crippen LogP contribution in [-0.2, 0) is 6.42 Å². The first-order chi connectivity index (χ1) is 8.36. The van der Waals surface area contributed by atoms with Gasteiger partial charge in [0.1, 0.15) is 5.82 Å². The molecule has 0 atom stereocenters. The maximum Gasteiger partial charge on any atom is 0.110 e. The summed E-state index contributed by atoms with van der Waals surface area (Å²) in [6.45, 7) is 0.790. The highest BCUT2D eigenvalue weighted by atomic mass is 14.9. The molecule has 1 fully saturated rings. The highest BCUT2D eigenvalue weighted by molar-refractivity contribution is 5.76. The van der Waals surface area contributed by atoms with Crippen LogP contribution < -0.4 is 5.73 Å². The van der Waals surface area contributed by atoms with Crippen molar-refractivity contribution in [1.29, 1.82) is 0 Å². The van der Waals surface area contributed by atoms with Crippen molar-refractivity contribution in [2.75, 3.05) is 6.54 Å². The number of fused-ring (bicyclic) bond motifs is 1. The lowest BCUT2D eigenvalue weighted by Crippen LogP contribution is -1.98. The van der Waals surface area contributed by atoms with Crippen LogP contribution >= 0.6 is 0 Å². The summed E-state index contributed by atoms with van der Waals surface area (Å²) in [5.41, 5.74) is 9.19. The molecule has 0 amide bonds. The number of benzene rings is 1. The zero-order chi connectivity index (χ0) is 11.7. The average molecular weight is 229 g/mol.